The van der Waals surface area contributed by atoms with Crippen LogP contribution in [0.2, 0.25) is 0 Å². The van der Waals surface area contributed by atoms with E-state index in [1.807, 2.05) is 0 Å². The van der Waals surface area contributed by atoms with Gasteiger partial charge in [0.25, 0.3) is 5.91 Å². The molecule has 0 atom stereocenters. The van der Waals surface area contributed by atoms with Gasteiger partial charge in [0.1, 0.15) is 5.82 Å². The van der Waals surface area contributed by atoms with E-state index in [-0.39, 0.29) is 17.4 Å². The molecule has 0 radical (unpaired) electrons. The Labute approximate surface area is 114 Å². The number of amides is 1. The minimum atomic E-state index is -0.443. The minimum Gasteiger partial charge on any atom is -0.389 e. The zero-order valence-corrected chi connectivity index (χ0v) is 10.6. The first kappa shape index (κ1) is 12.7. The zero-order valence-electron chi connectivity index (χ0n) is 10.6. The van der Waals surface area contributed by atoms with Crippen molar-refractivity contribution >= 4 is 5.91 Å². The van der Waals surface area contributed by atoms with Gasteiger partial charge in [-0.2, -0.15) is 0 Å². The van der Waals surface area contributed by atoms with E-state index in [0.29, 0.717) is 19.6 Å². The number of likely N-dealkylation sites (tertiary alicyclic amines) is 1. The van der Waals surface area contributed by atoms with Crippen molar-refractivity contribution in [3.8, 4) is 0 Å². The quantitative estimate of drug-likeness (QED) is 0.874. The maximum atomic E-state index is 13.1. The van der Waals surface area contributed by atoms with E-state index in [4.69, 9.17) is 5.11 Å². The van der Waals surface area contributed by atoms with Gasteiger partial charge in [-0.25, -0.2) is 9.07 Å². The van der Waals surface area contributed by atoms with Crippen molar-refractivity contribution in [2.75, 3.05) is 13.1 Å². The number of β-amino-alcohol motifs (C(OH)–C–C–N with tert-alkyl or cyclic N) is 1. The third-order valence-corrected chi connectivity index (χ3v) is 3.14. The number of carbonyl (C=O) groups excluding carboxylic acids is 1. The Balaban J connectivity index is 1.69. The summed E-state index contributed by atoms with van der Waals surface area (Å²) in [5, 5.41) is 16.8. The van der Waals surface area contributed by atoms with E-state index in [1.165, 1.54) is 27.9 Å². The van der Waals surface area contributed by atoms with Gasteiger partial charge in [0.2, 0.25) is 0 Å². The summed E-state index contributed by atoms with van der Waals surface area (Å²) < 4.78 is 14.6. The summed E-state index contributed by atoms with van der Waals surface area (Å²) in [5.74, 6) is -0.561. The van der Waals surface area contributed by atoms with E-state index >= 15 is 0 Å². The summed E-state index contributed by atoms with van der Waals surface area (Å²) in [6.45, 7) is 1.01. The molecule has 0 saturated carbocycles. The predicted molar refractivity (Wildman–Crippen MR) is 67.4 cm³/mol. The highest BCUT2D eigenvalue weighted by Crippen LogP contribution is 2.12. The molecule has 0 unspecified atom stereocenters. The van der Waals surface area contributed by atoms with Gasteiger partial charge in [-0.3, -0.25) is 4.79 Å². The van der Waals surface area contributed by atoms with Crippen LogP contribution < -0.4 is 0 Å². The van der Waals surface area contributed by atoms with Gasteiger partial charge >= 0.3 is 0 Å². The zero-order chi connectivity index (χ0) is 14.1. The van der Waals surface area contributed by atoms with Gasteiger partial charge in [0.05, 0.1) is 18.8 Å². The van der Waals surface area contributed by atoms with Crippen molar-refractivity contribution in [1.82, 2.24) is 19.9 Å². The summed E-state index contributed by atoms with van der Waals surface area (Å²) in [6, 6.07) is 6.18. The summed E-state index contributed by atoms with van der Waals surface area (Å²) in [7, 11) is 0. The van der Waals surface area contributed by atoms with Crippen LogP contribution in [0, 0.1) is 5.82 Å². The molecule has 2 aromatic rings. The first-order valence-corrected chi connectivity index (χ1v) is 6.24. The number of hydrogen-bond donors (Lipinski definition) is 1. The van der Waals surface area contributed by atoms with E-state index in [1.54, 1.807) is 12.1 Å². The molecule has 2 heterocycles. The molecule has 7 heteroatoms. The van der Waals surface area contributed by atoms with Crippen LogP contribution in [0.1, 0.15) is 16.1 Å². The molecule has 1 aliphatic heterocycles. The van der Waals surface area contributed by atoms with Crippen LogP contribution in [-0.4, -0.2) is 50.1 Å². The lowest BCUT2D eigenvalue weighted by molar-refractivity contribution is 0.00549. The Bertz CT molecular complexity index is 637. The first-order chi connectivity index (χ1) is 9.61. The molecule has 1 amide bonds. The average Bonchev–Trinajstić information content (AvgIpc) is 2.83. The van der Waals surface area contributed by atoms with Crippen molar-refractivity contribution in [3.63, 3.8) is 0 Å². The molecular weight excluding hydrogens is 263 g/mol. The predicted octanol–water partition coefficient (Wildman–Crippen LogP) is 0.282. The summed E-state index contributed by atoms with van der Waals surface area (Å²) >= 11 is 0. The van der Waals surface area contributed by atoms with Crippen molar-refractivity contribution in [2.24, 2.45) is 0 Å². The summed E-state index contributed by atoms with van der Waals surface area (Å²) in [5.41, 5.74) is 0.974. The summed E-state index contributed by atoms with van der Waals surface area (Å²) in [4.78, 5) is 13.4. The third-order valence-electron chi connectivity index (χ3n) is 3.14. The standard InChI is InChI=1S/C13H13FN4O2/c14-10-3-1-2-9(4-10)5-18-8-12(15-16-18)13(20)17-6-11(19)7-17/h1-4,8,11,19H,5-7H2. The topological polar surface area (TPSA) is 71.2 Å². The van der Waals surface area contributed by atoms with Crippen LogP contribution in [-0.2, 0) is 6.54 Å². The van der Waals surface area contributed by atoms with E-state index < -0.39 is 6.10 Å². The van der Waals surface area contributed by atoms with Crippen molar-refractivity contribution < 1.29 is 14.3 Å². The summed E-state index contributed by atoms with van der Waals surface area (Å²) in [6.07, 6.45) is 1.08. The second-order valence-corrected chi connectivity index (χ2v) is 4.80. The molecule has 20 heavy (non-hydrogen) atoms. The Hall–Kier alpha value is -2.28. The molecule has 1 aliphatic rings. The van der Waals surface area contributed by atoms with Crippen LogP contribution >= 0.6 is 0 Å². The largest absolute Gasteiger partial charge is 0.389 e. The Morgan fingerprint density at radius 3 is 2.95 bits per heavy atom. The van der Waals surface area contributed by atoms with Gasteiger partial charge < -0.3 is 10.0 Å². The van der Waals surface area contributed by atoms with Crippen LogP contribution in [0.4, 0.5) is 4.39 Å². The van der Waals surface area contributed by atoms with Crippen molar-refractivity contribution in [2.45, 2.75) is 12.6 Å². The fourth-order valence-electron chi connectivity index (χ4n) is 2.08. The van der Waals surface area contributed by atoms with Crippen LogP contribution in [0.3, 0.4) is 0 Å². The molecule has 104 valence electrons. The monoisotopic (exact) mass is 276 g/mol. The van der Waals surface area contributed by atoms with Gasteiger partial charge in [-0.05, 0) is 17.7 Å². The van der Waals surface area contributed by atoms with Crippen molar-refractivity contribution in [1.29, 1.82) is 0 Å². The highest BCUT2D eigenvalue weighted by molar-refractivity contribution is 5.92. The minimum absolute atomic E-state index is 0.230. The highest BCUT2D eigenvalue weighted by Gasteiger charge is 2.30. The fraction of sp³-hybridized carbons (Fsp3) is 0.308. The first-order valence-electron chi connectivity index (χ1n) is 6.24. The second kappa shape index (κ2) is 5.01. The number of carbonyl (C=O) groups is 1. The van der Waals surface area contributed by atoms with Gasteiger partial charge in [0, 0.05) is 13.1 Å². The van der Waals surface area contributed by atoms with Gasteiger partial charge in [-0.1, -0.05) is 17.3 Å². The molecule has 1 aromatic carbocycles. The maximum Gasteiger partial charge on any atom is 0.276 e. The number of nitrogens with zero attached hydrogens (tertiary/aromatic N) is 4. The molecule has 0 aliphatic carbocycles. The van der Waals surface area contributed by atoms with Gasteiger partial charge in [0.15, 0.2) is 5.69 Å². The van der Waals surface area contributed by atoms with Gasteiger partial charge in [-0.15, -0.1) is 5.10 Å². The van der Waals surface area contributed by atoms with Crippen LogP contribution in [0.15, 0.2) is 30.5 Å². The van der Waals surface area contributed by atoms with E-state index in [9.17, 15) is 9.18 Å². The SMILES string of the molecule is O=C(c1cn(Cc2cccc(F)c2)nn1)N1CC(O)C1. The van der Waals surface area contributed by atoms with Crippen LogP contribution in [0.5, 0.6) is 0 Å². The second-order valence-electron chi connectivity index (χ2n) is 4.80. The normalized spacial score (nSPS) is 15.2. The Morgan fingerprint density at radius 1 is 1.45 bits per heavy atom. The lowest BCUT2D eigenvalue weighted by atomic mass is 10.1. The molecule has 1 fully saturated rings. The number of halogens is 1. The molecule has 1 saturated heterocycles. The molecule has 6 nitrogen and oxygen atoms in total. The van der Waals surface area contributed by atoms with Crippen molar-refractivity contribution in [3.05, 3.63) is 47.5 Å². The Kier molecular flexibility index (Phi) is 3.19. The average molecular weight is 276 g/mol. The molecular formula is C13H13FN4O2. The fourth-order valence-corrected chi connectivity index (χ4v) is 2.08. The number of rotatable bonds is 3. The highest BCUT2D eigenvalue weighted by atomic mass is 19.1. The molecule has 0 bridgehead atoms. The molecule has 1 N–H and O–H groups in total. The molecule has 0 spiro atoms. The number of aliphatic hydroxyl groups excluding tert-OH is 1. The molecule has 3 rings (SSSR count). The molecule has 1 aromatic heterocycles. The Morgan fingerprint density at radius 2 is 2.25 bits per heavy atom. The number of aromatic nitrogens is 3. The number of aliphatic hydroxyl groups is 1. The van der Waals surface area contributed by atoms with Crippen LogP contribution in [0.25, 0.3) is 0 Å². The smallest absolute Gasteiger partial charge is 0.276 e. The lowest BCUT2D eigenvalue weighted by Gasteiger charge is -2.35. The maximum absolute atomic E-state index is 13.1. The number of hydrogen-bond acceptors (Lipinski definition) is 4. The van der Waals surface area contributed by atoms with E-state index in [0.717, 1.165) is 5.56 Å². The number of benzene rings is 1. The third kappa shape index (κ3) is 2.53. The van der Waals surface area contributed by atoms with E-state index in [2.05, 4.69) is 10.3 Å². The lowest BCUT2D eigenvalue weighted by Crippen LogP contribution is -2.53.